The highest BCUT2D eigenvalue weighted by Crippen LogP contribution is 2.71. The Bertz CT molecular complexity index is 5200. The number of nitrogens with one attached hydrogen (secondary N) is 2. The van der Waals surface area contributed by atoms with Crippen LogP contribution in [-0.2, 0) is 96.5 Å². The Morgan fingerprint density at radius 1 is 0.504 bits per heavy atom. The number of aromatic amines is 2. The molecule has 4 saturated heterocycles. The van der Waals surface area contributed by atoms with E-state index < -0.39 is 121 Å². The molecule has 18 rings (SSSR count). The molecule has 0 radical (unpaired) electrons. The maximum absolute atomic E-state index is 15.3. The fraction of sp³-hybridized carbons (Fsp3) is 0.576. The maximum atomic E-state index is 15.3. The number of aliphatic hydroxyl groups is 4. The zero-order valence-electron chi connectivity index (χ0n) is 70.6. The summed E-state index contributed by atoms with van der Waals surface area (Å²) in [6, 6.07) is 20.9. The van der Waals surface area contributed by atoms with Crippen LogP contribution in [0.2, 0.25) is 0 Å². The van der Waals surface area contributed by atoms with E-state index in [4.69, 9.17) is 37.9 Å². The van der Waals surface area contributed by atoms with Crippen molar-refractivity contribution in [3.8, 4) is 11.5 Å². The Hall–Kier alpha value is -9.19. The number of nitrogens with zero attached hydrogens (tertiary/aromatic N) is 6. The molecule has 2 saturated carbocycles. The van der Waals surface area contributed by atoms with Crippen molar-refractivity contribution >= 4 is 75.4 Å². The second-order valence-corrected chi connectivity index (χ2v) is 36.3. The lowest BCUT2D eigenvalue weighted by Gasteiger charge is -2.63. The van der Waals surface area contributed by atoms with Gasteiger partial charge in [-0.05, 0) is 148 Å². The molecule has 636 valence electrons. The van der Waals surface area contributed by atoms with Crippen LogP contribution in [0.3, 0.4) is 0 Å². The molecule has 119 heavy (non-hydrogen) atoms. The zero-order chi connectivity index (χ0) is 84.4. The average molecular weight is 1640 g/mol. The lowest BCUT2D eigenvalue weighted by molar-refractivity contribution is -0.229. The van der Waals surface area contributed by atoms with Crippen LogP contribution < -0.4 is 19.3 Å². The largest absolute Gasteiger partial charge is 0.496 e. The van der Waals surface area contributed by atoms with E-state index in [1.54, 1.807) is 13.2 Å². The molecule has 2 aromatic heterocycles. The molecule has 0 unspecified atom stereocenters. The first-order valence-electron chi connectivity index (χ1n) is 42.5. The SMILES string of the molecule is CC[C@]1(O)C[C@@H]2C[N@@](CCc3c([nH]c4ccccc34)[C@@](C(=O)OC)(c3cc4c(cc3OC)N(C)[C@H]3[C@@](O)(C(=O)OC)[C@H](OC(C)=O)[C@]5(CC)C=CCN6CC[C@]43[C@@H]65)C2)C1.CC[C@]1(O)C[C@H]2C[N@](CCc3c([nH]c4ccccc34)[C@@](C(=O)OC)(c3cc4c(cc3OC)N(C=O)[C@H]3[C@@](O)(C(=O)OC)[C@H](OC(C)=O)[C@]5(CC)C=CCN6CC[C@]43[C@@H]65)C2)C1. The minimum Gasteiger partial charge on any atom is -0.496 e. The predicted molar refractivity (Wildman–Crippen MR) is 441 cm³/mol. The predicted octanol–water partition coefficient (Wildman–Crippen LogP) is 7.51. The summed E-state index contributed by atoms with van der Waals surface area (Å²) >= 11 is 0. The van der Waals surface area contributed by atoms with Crippen molar-refractivity contribution in [3.05, 3.63) is 142 Å². The number of esters is 6. The molecule has 6 N–H and O–H groups in total. The third-order valence-electron chi connectivity index (χ3n) is 31.1. The number of piperidine rings is 2. The smallest absolute Gasteiger partial charge is 0.344 e. The van der Waals surface area contributed by atoms with Crippen LogP contribution in [-0.4, -0.2) is 266 Å². The van der Waals surface area contributed by atoms with Crippen molar-refractivity contribution in [1.82, 2.24) is 29.6 Å². The Morgan fingerprint density at radius 3 is 1.32 bits per heavy atom. The van der Waals surface area contributed by atoms with Gasteiger partial charge in [0, 0.05) is 169 Å². The highest BCUT2D eigenvalue weighted by Gasteiger charge is 2.83. The first-order valence-corrected chi connectivity index (χ1v) is 42.5. The van der Waals surface area contributed by atoms with Crippen LogP contribution in [0.25, 0.3) is 21.8 Å². The number of hydrogen-bond donors (Lipinski definition) is 6. The third-order valence-corrected chi connectivity index (χ3v) is 31.1. The van der Waals surface area contributed by atoms with Crippen molar-refractivity contribution in [2.75, 3.05) is 125 Å². The molecule has 1 amide bonds. The quantitative estimate of drug-likeness (QED) is 0.0251. The van der Waals surface area contributed by atoms with E-state index in [1.165, 1.54) is 54.3 Å². The van der Waals surface area contributed by atoms with Gasteiger partial charge in [-0.1, -0.05) is 88.4 Å². The maximum Gasteiger partial charge on any atom is 0.344 e. The molecule has 4 bridgehead atoms. The Balaban J connectivity index is 0.000000170. The monoisotopic (exact) mass is 1630 g/mol. The number of para-hydroxylation sites is 2. The molecule has 6 fully saturated rings. The number of rotatable bonds is 15. The van der Waals surface area contributed by atoms with Crippen molar-refractivity contribution < 1.29 is 91.9 Å². The molecule has 20 atom stereocenters. The van der Waals surface area contributed by atoms with E-state index in [-0.39, 0.29) is 24.3 Å². The van der Waals surface area contributed by atoms with Crippen LogP contribution in [0.15, 0.2) is 97.1 Å². The van der Waals surface area contributed by atoms with Gasteiger partial charge in [0.15, 0.2) is 12.2 Å². The molecule has 12 aliphatic rings. The average Bonchev–Trinajstić information content (AvgIpc) is 1.49. The van der Waals surface area contributed by atoms with E-state index in [0.717, 1.165) is 49.9 Å². The minimum absolute atomic E-state index is 0.0986. The molecule has 27 nitrogen and oxygen atoms in total. The molecule has 2 aliphatic carbocycles. The van der Waals surface area contributed by atoms with Crippen LogP contribution in [0.4, 0.5) is 11.4 Å². The van der Waals surface area contributed by atoms with E-state index in [9.17, 15) is 44.4 Å². The first kappa shape index (κ1) is 82.1. The number of carbonyl (C=O) groups excluding carboxylic acids is 7. The van der Waals surface area contributed by atoms with Crippen LogP contribution in [0.1, 0.15) is 151 Å². The summed E-state index contributed by atoms with van der Waals surface area (Å²) in [5.41, 5.74) is -4.78. The second-order valence-electron chi connectivity index (χ2n) is 36.3. The van der Waals surface area contributed by atoms with E-state index >= 15 is 9.59 Å². The summed E-state index contributed by atoms with van der Waals surface area (Å²) in [6.07, 6.45) is 11.8. The van der Waals surface area contributed by atoms with E-state index in [1.807, 2.05) is 100 Å². The normalized spacial score (nSPS) is 36.7. The number of fused-ring (bicyclic) bond motifs is 12. The fourth-order valence-corrected chi connectivity index (χ4v) is 26.9. The molecule has 6 aromatic rings. The molecular weight excluding hydrogens is 1520 g/mol. The van der Waals surface area contributed by atoms with E-state index in [0.29, 0.717) is 182 Å². The number of methoxy groups -OCH3 is 6. The van der Waals surface area contributed by atoms with Gasteiger partial charge < -0.3 is 78.1 Å². The highest BCUT2D eigenvalue weighted by atomic mass is 16.6. The number of likely N-dealkylation sites (N-methyl/N-ethyl adjacent to an activating group) is 1. The number of aromatic nitrogens is 2. The Kier molecular flexibility index (Phi) is 20.2. The van der Waals surface area contributed by atoms with Crippen molar-refractivity contribution in [2.24, 2.45) is 22.7 Å². The summed E-state index contributed by atoms with van der Waals surface area (Å²) in [5.74, 6) is -3.63. The molecule has 4 aromatic carbocycles. The summed E-state index contributed by atoms with van der Waals surface area (Å²) < 4.78 is 47.6. The van der Waals surface area contributed by atoms with Gasteiger partial charge in [-0.25, -0.2) is 9.59 Å². The van der Waals surface area contributed by atoms with Crippen LogP contribution in [0.5, 0.6) is 11.5 Å². The van der Waals surface area contributed by atoms with Gasteiger partial charge in [0.2, 0.25) is 17.6 Å². The minimum atomic E-state index is -2.53. The van der Waals surface area contributed by atoms with Gasteiger partial charge >= 0.3 is 35.8 Å². The van der Waals surface area contributed by atoms with Crippen LogP contribution in [0, 0.1) is 22.7 Å². The first-order chi connectivity index (χ1) is 57.0. The van der Waals surface area contributed by atoms with Crippen molar-refractivity contribution in [2.45, 2.75) is 199 Å². The number of carbonyl (C=O) groups is 7. The number of benzene rings is 4. The topological polar surface area (TPSA) is 325 Å². The molecule has 27 heteroatoms. The third kappa shape index (κ3) is 11.2. The molecule has 10 aliphatic heterocycles. The summed E-state index contributed by atoms with van der Waals surface area (Å²) in [5, 5.41) is 52.6. The number of hydrogen-bond acceptors (Lipinski definition) is 24. The summed E-state index contributed by atoms with van der Waals surface area (Å²) in [4.78, 5) is 119. The standard InChI is InChI=1S/C46H56N4O10.C46H58N4O9/c1-7-42(55)22-28-23-45(40(53)58-5,36-30(14-18-48(24-28)25-42)29-12-9-10-13-33(29)47-36)32-20-31-34(21-35(32)57-4)50(26-51)38-44(31)16-19-49-17-11-15-43(8-2,37(44)49)39(60-27(3)52)46(38,56)41(54)59-6;1-8-42(54)23-28-24-45(40(52)57-6,36-30(15-19-49(25-28)26-42)29-13-10-11-14-33(29)47-36)32-21-31-34(22-35(32)56-5)48(4)38-44(31)17-20-50-18-12-16-43(9-2,37(44)50)39(59-27(3)51)46(38,55)41(53)58-7/h9-13,15,20-21,26,28,37-39,47,55-56H,7-8,14,16-19,22-25H2,1-6H3;10-14,16,21-22,28,37-39,47,54-55H,8-9,15,17-20,23-26H2,1-7H3/t28-,37+,38-,39-,42+,43-,44-,45+,46+;28-,37-,38+,39+,42-,43+,44+,45-,46-/m10/s1. The van der Waals surface area contributed by atoms with Gasteiger partial charge in [-0.3, -0.25) is 43.6 Å². The van der Waals surface area contributed by atoms with Gasteiger partial charge in [0.1, 0.15) is 22.3 Å². The van der Waals surface area contributed by atoms with Gasteiger partial charge in [-0.15, -0.1) is 0 Å². The van der Waals surface area contributed by atoms with Crippen molar-refractivity contribution in [1.29, 1.82) is 0 Å². The lowest BCUT2D eigenvalue weighted by Crippen LogP contribution is -2.81. The summed E-state index contributed by atoms with van der Waals surface area (Å²) in [6.45, 7) is 16.8. The van der Waals surface area contributed by atoms with E-state index in [2.05, 4.69) is 59.9 Å². The second kappa shape index (κ2) is 29.3. The number of amides is 1. The molecule has 2 spiro atoms. The Labute approximate surface area is 693 Å². The number of anilines is 2. The molecular formula is C92H114N8O19. The molecule has 12 heterocycles. The fourth-order valence-electron chi connectivity index (χ4n) is 26.9. The summed E-state index contributed by atoms with van der Waals surface area (Å²) in [7, 11) is 10.2. The highest BCUT2D eigenvalue weighted by molar-refractivity contribution is 5.98. The van der Waals surface area contributed by atoms with Crippen molar-refractivity contribution in [3.63, 3.8) is 0 Å². The van der Waals surface area contributed by atoms with Gasteiger partial charge in [0.05, 0.1) is 71.6 Å². The zero-order valence-corrected chi connectivity index (χ0v) is 70.6. The van der Waals surface area contributed by atoms with Crippen LogP contribution >= 0.6 is 0 Å². The lowest BCUT2D eigenvalue weighted by atomic mass is 9.47. The number of ether oxygens (including phenoxy) is 8. The Morgan fingerprint density at radius 2 is 0.916 bits per heavy atom. The van der Waals surface area contributed by atoms with Gasteiger partial charge in [-0.2, -0.15) is 0 Å². The number of H-pyrrole nitrogens is 2. The van der Waals surface area contributed by atoms with Gasteiger partial charge in [0.25, 0.3) is 0 Å².